The second-order valence-corrected chi connectivity index (χ2v) is 6.82. The third kappa shape index (κ3) is 3.31. The molecule has 118 valence electrons. The third-order valence-corrected chi connectivity index (χ3v) is 5.35. The highest BCUT2D eigenvalue weighted by Gasteiger charge is 2.23. The van der Waals surface area contributed by atoms with Gasteiger partial charge in [-0.2, -0.15) is 4.37 Å². The highest BCUT2D eigenvalue weighted by Crippen LogP contribution is 2.35. The first kappa shape index (κ1) is 15.4. The molecule has 0 bridgehead atoms. The van der Waals surface area contributed by atoms with Crippen molar-refractivity contribution < 1.29 is 4.79 Å². The van der Waals surface area contributed by atoms with Gasteiger partial charge in [0.1, 0.15) is 0 Å². The lowest BCUT2D eigenvalue weighted by molar-refractivity contribution is -0.105. The number of amides is 1. The number of unbranched alkanes of at least 4 members (excludes halogenated alkanes) is 1. The van der Waals surface area contributed by atoms with Crippen molar-refractivity contribution in [2.45, 2.75) is 38.5 Å². The smallest absolute Gasteiger partial charge is 0.211 e. The molecule has 3 rings (SSSR count). The van der Waals surface area contributed by atoms with E-state index in [1.807, 2.05) is 12.1 Å². The van der Waals surface area contributed by atoms with Crippen LogP contribution in [0.5, 0.6) is 0 Å². The fourth-order valence-corrected chi connectivity index (χ4v) is 4.12. The number of likely N-dealkylation sites (tertiary alicyclic amines) is 1. The Kier molecular flexibility index (Phi) is 5.05. The standard InChI is InChI=1S/C17H23N3OS/c1-2-3-8-20-9-6-13(7-10-20)17-15-5-4-14(18-12-21)11-16(15)22-19-17/h4-5,11-13H,2-3,6-10H2,1H3,(H,18,21). The molecule has 0 atom stereocenters. The van der Waals surface area contributed by atoms with Gasteiger partial charge in [0.15, 0.2) is 0 Å². The molecule has 0 spiro atoms. The second kappa shape index (κ2) is 7.20. The molecule has 5 heteroatoms. The zero-order valence-corrected chi connectivity index (χ0v) is 13.9. The van der Waals surface area contributed by atoms with Gasteiger partial charge in [-0.1, -0.05) is 13.3 Å². The molecule has 2 aromatic rings. The van der Waals surface area contributed by atoms with Crippen molar-refractivity contribution >= 4 is 33.7 Å². The Morgan fingerprint density at radius 2 is 2.23 bits per heavy atom. The molecule has 1 aromatic carbocycles. The molecule has 1 aliphatic heterocycles. The summed E-state index contributed by atoms with van der Waals surface area (Å²) < 4.78 is 5.88. The van der Waals surface area contributed by atoms with Crippen molar-refractivity contribution in [1.82, 2.24) is 9.27 Å². The van der Waals surface area contributed by atoms with E-state index in [1.54, 1.807) is 11.5 Å². The van der Waals surface area contributed by atoms with Crippen LogP contribution in [0.25, 0.3) is 10.1 Å². The Balaban J connectivity index is 1.70. The van der Waals surface area contributed by atoms with E-state index in [9.17, 15) is 4.79 Å². The lowest BCUT2D eigenvalue weighted by Crippen LogP contribution is -2.33. The van der Waals surface area contributed by atoms with Crippen molar-refractivity contribution in [1.29, 1.82) is 0 Å². The highest BCUT2D eigenvalue weighted by atomic mass is 32.1. The van der Waals surface area contributed by atoms with E-state index in [2.05, 4.69) is 23.2 Å². The minimum Gasteiger partial charge on any atom is -0.329 e. The first-order valence-corrected chi connectivity index (χ1v) is 8.91. The average Bonchev–Trinajstić information content (AvgIpc) is 2.97. The Morgan fingerprint density at radius 3 is 2.95 bits per heavy atom. The Morgan fingerprint density at radius 1 is 1.41 bits per heavy atom. The summed E-state index contributed by atoms with van der Waals surface area (Å²) in [5, 5.41) is 3.96. The van der Waals surface area contributed by atoms with Crippen LogP contribution in [0.1, 0.15) is 44.2 Å². The summed E-state index contributed by atoms with van der Waals surface area (Å²) in [6.45, 7) is 5.87. The number of rotatable bonds is 6. The van der Waals surface area contributed by atoms with Gasteiger partial charge in [-0.05, 0) is 68.6 Å². The number of aromatic nitrogens is 1. The number of benzene rings is 1. The predicted molar refractivity (Wildman–Crippen MR) is 92.6 cm³/mol. The highest BCUT2D eigenvalue weighted by molar-refractivity contribution is 7.13. The molecule has 0 saturated carbocycles. The van der Waals surface area contributed by atoms with Crippen molar-refractivity contribution in [3.63, 3.8) is 0 Å². The fourth-order valence-electron chi connectivity index (χ4n) is 3.22. The van der Waals surface area contributed by atoms with Crippen LogP contribution in [0.4, 0.5) is 5.69 Å². The molecule has 1 amide bonds. The number of carbonyl (C=O) groups is 1. The van der Waals surface area contributed by atoms with Crippen molar-refractivity contribution in [3.8, 4) is 0 Å². The quantitative estimate of drug-likeness (QED) is 0.823. The first-order chi connectivity index (χ1) is 10.8. The van der Waals surface area contributed by atoms with Gasteiger partial charge in [-0.15, -0.1) is 0 Å². The molecule has 0 aliphatic carbocycles. The second-order valence-electron chi connectivity index (χ2n) is 6.01. The van der Waals surface area contributed by atoms with E-state index in [0.717, 1.165) is 16.8 Å². The number of fused-ring (bicyclic) bond motifs is 1. The van der Waals surface area contributed by atoms with Crippen LogP contribution in [0.15, 0.2) is 18.2 Å². The van der Waals surface area contributed by atoms with Crippen LogP contribution in [-0.2, 0) is 4.79 Å². The number of carbonyl (C=O) groups excluding carboxylic acids is 1. The molecule has 1 fully saturated rings. The molecule has 1 saturated heterocycles. The Labute approximate surface area is 135 Å². The normalized spacial score (nSPS) is 17.0. The monoisotopic (exact) mass is 317 g/mol. The Hall–Kier alpha value is -1.46. The van der Waals surface area contributed by atoms with Crippen molar-refractivity contribution in [2.24, 2.45) is 0 Å². The van der Waals surface area contributed by atoms with Gasteiger partial charge in [0, 0.05) is 17.0 Å². The molecule has 22 heavy (non-hydrogen) atoms. The predicted octanol–water partition coefficient (Wildman–Crippen LogP) is 3.84. The number of hydrogen-bond acceptors (Lipinski definition) is 4. The summed E-state index contributed by atoms with van der Waals surface area (Å²) in [7, 11) is 0. The van der Waals surface area contributed by atoms with E-state index in [-0.39, 0.29) is 0 Å². The van der Waals surface area contributed by atoms with Crippen LogP contribution in [0.3, 0.4) is 0 Å². The van der Waals surface area contributed by atoms with Gasteiger partial charge in [-0.3, -0.25) is 4.79 Å². The molecule has 1 aromatic heterocycles. The zero-order chi connectivity index (χ0) is 15.4. The van der Waals surface area contributed by atoms with Crippen LogP contribution in [0.2, 0.25) is 0 Å². The van der Waals surface area contributed by atoms with Crippen molar-refractivity contribution in [3.05, 3.63) is 23.9 Å². The van der Waals surface area contributed by atoms with Crippen LogP contribution in [-0.4, -0.2) is 35.3 Å². The van der Waals surface area contributed by atoms with Crippen LogP contribution >= 0.6 is 11.5 Å². The molecular formula is C17H23N3OS. The van der Waals surface area contributed by atoms with Gasteiger partial charge in [0.25, 0.3) is 0 Å². The topological polar surface area (TPSA) is 45.2 Å². The molecule has 4 nitrogen and oxygen atoms in total. The van der Waals surface area contributed by atoms with Crippen molar-refractivity contribution in [2.75, 3.05) is 25.0 Å². The maximum Gasteiger partial charge on any atom is 0.211 e. The van der Waals surface area contributed by atoms with Gasteiger partial charge in [0.05, 0.1) is 10.4 Å². The van der Waals surface area contributed by atoms with Gasteiger partial charge < -0.3 is 10.2 Å². The number of nitrogens with one attached hydrogen (secondary N) is 1. The summed E-state index contributed by atoms with van der Waals surface area (Å²) in [6, 6.07) is 6.08. The minimum atomic E-state index is 0.580. The van der Waals surface area contributed by atoms with Crippen LogP contribution < -0.4 is 5.32 Å². The lowest BCUT2D eigenvalue weighted by Gasteiger charge is -2.31. The maximum atomic E-state index is 10.5. The largest absolute Gasteiger partial charge is 0.329 e. The summed E-state index contributed by atoms with van der Waals surface area (Å²) in [6.07, 6.45) is 5.70. The molecule has 1 aliphatic rings. The van der Waals surface area contributed by atoms with Gasteiger partial charge in [0.2, 0.25) is 6.41 Å². The first-order valence-electron chi connectivity index (χ1n) is 8.13. The summed E-state index contributed by atoms with van der Waals surface area (Å²) in [5.74, 6) is 0.580. The number of hydrogen-bond donors (Lipinski definition) is 1. The average molecular weight is 317 g/mol. The minimum absolute atomic E-state index is 0.580. The summed E-state index contributed by atoms with van der Waals surface area (Å²) >= 11 is 1.54. The SMILES string of the molecule is CCCCN1CCC(c2nsc3cc(NC=O)ccc23)CC1. The molecule has 1 N–H and O–H groups in total. The summed E-state index contributed by atoms with van der Waals surface area (Å²) in [5.41, 5.74) is 2.10. The molecule has 2 heterocycles. The molecular weight excluding hydrogens is 294 g/mol. The van der Waals surface area contributed by atoms with E-state index in [4.69, 9.17) is 4.37 Å². The molecule has 0 unspecified atom stereocenters. The van der Waals surface area contributed by atoms with Gasteiger partial charge >= 0.3 is 0 Å². The Bertz CT molecular complexity index is 632. The summed E-state index contributed by atoms with van der Waals surface area (Å²) in [4.78, 5) is 13.1. The number of nitrogens with zero attached hydrogens (tertiary/aromatic N) is 2. The van der Waals surface area contributed by atoms with E-state index >= 15 is 0 Å². The van der Waals surface area contributed by atoms with E-state index in [1.165, 1.54) is 56.4 Å². The van der Waals surface area contributed by atoms with Crippen LogP contribution in [0, 0.1) is 0 Å². The maximum absolute atomic E-state index is 10.5. The lowest BCUT2D eigenvalue weighted by atomic mass is 9.91. The van der Waals surface area contributed by atoms with E-state index in [0.29, 0.717) is 5.92 Å². The zero-order valence-electron chi connectivity index (χ0n) is 13.0. The fraction of sp³-hybridized carbons (Fsp3) is 0.529. The number of anilines is 1. The van der Waals surface area contributed by atoms with Gasteiger partial charge in [-0.25, -0.2) is 0 Å². The number of piperidine rings is 1. The molecule has 0 radical (unpaired) electrons. The van der Waals surface area contributed by atoms with E-state index < -0.39 is 0 Å². The third-order valence-electron chi connectivity index (χ3n) is 4.53.